The minimum Gasteiger partial charge on any atom is -0.473 e. The van der Waals surface area contributed by atoms with Crippen LogP contribution >= 0.6 is 0 Å². The van der Waals surface area contributed by atoms with E-state index in [-0.39, 0.29) is 0 Å². The van der Waals surface area contributed by atoms with Gasteiger partial charge in [-0.25, -0.2) is 9.79 Å². The lowest BCUT2D eigenvalue weighted by molar-refractivity contribution is -0.143. The van der Waals surface area contributed by atoms with Crippen molar-refractivity contribution in [3.05, 3.63) is 42.5 Å². The normalized spacial score (nSPS) is 21.9. The van der Waals surface area contributed by atoms with Gasteiger partial charge in [0.15, 0.2) is 18.5 Å². The molecule has 4 nitrogen and oxygen atoms in total. The Morgan fingerprint density at radius 1 is 1.41 bits per heavy atom. The summed E-state index contributed by atoms with van der Waals surface area (Å²) in [4.78, 5) is 15.5. The number of hydrogen-bond acceptors (Lipinski definition) is 4. The van der Waals surface area contributed by atoms with Crippen LogP contribution in [0.2, 0.25) is 0 Å². The number of benzene rings is 1. The second kappa shape index (κ2) is 4.82. The first-order valence-electron chi connectivity index (χ1n) is 5.23. The van der Waals surface area contributed by atoms with E-state index in [2.05, 4.69) is 16.3 Å². The van der Waals surface area contributed by atoms with Crippen LogP contribution in [0, 0.1) is 0 Å². The number of methoxy groups -OCH3 is 1. The second-order valence-corrected chi connectivity index (χ2v) is 3.67. The van der Waals surface area contributed by atoms with Crippen molar-refractivity contribution in [1.82, 2.24) is 0 Å². The van der Waals surface area contributed by atoms with Gasteiger partial charge in [0, 0.05) is 0 Å². The van der Waals surface area contributed by atoms with Crippen molar-refractivity contribution in [2.24, 2.45) is 4.99 Å². The number of rotatable bonds is 3. The number of ether oxygens (including phenoxy) is 2. The maximum Gasteiger partial charge on any atom is 0.334 e. The van der Waals surface area contributed by atoms with Crippen LogP contribution in [0.1, 0.15) is 5.56 Å². The van der Waals surface area contributed by atoms with Gasteiger partial charge >= 0.3 is 5.97 Å². The largest absolute Gasteiger partial charge is 0.473 e. The summed E-state index contributed by atoms with van der Waals surface area (Å²) in [6, 6.07) is 8.90. The Morgan fingerprint density at radius 3 is 2.76 bits per heavy atom. The number of carbonyl (C=O) groups excluding carboxylic acids is 1. The fraction of sp³-hybridized carbons (Fsp3) is 0.231. The summed E-state index contributed by atoms with van der Waals surface area (Å²) in [6.07, 6.45) is 0.797. The van der Waals surface area contributed by atoms with E-state index in [1.807, 2.05) is 30.3 Å². The third-order valence-electron chi connectivity index (χ3n) is 2.65. The van der Waals surface area contributed by atoms with E-state index in [4.69, 9.17) is 4.74 Å². The Kier molecular flexibility index (Phi) is 3.23. The van der Waals surface area contributed by atoms with Crippen molar-refractivity contribution in [3.8, 4) is 0 Å². The first kappa shape index (κ1) is 11.4. The van der Waals surface area contributed by atoms with Gasteiger partial charge in [-0.1, -0.05) is 36.9 Å². The number of carbonyl (C=O) groups is 1. The summed E-state index contributed by atoms with van der Waals surface area (Å²) >= 11 is 0. The van der Waals surface area contributed by atoms with E-state index in [1.165, 1.54) is 13.5 Å². The number of esters is 1. The minimum atomic E-state index is -0.660. The zero-order valence-corrected chi connectivity index (χ0v) is 9.50. The van der Waals surface area contributed by atoms with Gasteiger partial charge in [0.1, 0.15) is 0 Å². The summed E-state index contributed by atoms with van der Waals surface area (Å²) in [5.74, 6) is -0.416. The van der Waals surface area contributed by atoms with Gasteiger partial charge in [0.25, 0.3) is 0 Å². The number of hydrogen-bond donors (Lipinski definition) is 0. The highest BCUT2D eigenvalue weighted by Crippen LogP contribution is 2.25. The van der Waals surface area contributed by atoms with Crippen LogP contribution in [-0.4, -0.2) is 31.6 Å². The van der Waals surface area contributed by atoms with Gasteiger partial charge in [-0.2, -0.15) is 0 Å². The monoisotopic (exact) mass is 231 g/mol. The van der Waals surface area contributed by atoms with Crippen molar-refractivity contribution in [1.29, 1.82) is 0 Å². The Labute approximate surface area is 99.6 Å². The van der Waals surface area contributed by atoms with Crippen molar-refractivity contribution in [3.63, 3.8) is 0 Å². The topological polar surface area (TPSA) is 47.9 Å². The van der Waals surface area contributed by atoms with Gasteiger partial charge in [0.05, 0.1) is 7.11 Å². The summed E-state index contributed by atoms with van der Waals surface area (Å²) in [7, 11) is 1.33. The molecule has 0 spiro atoms. The van der Waals surface area contributed by atoms with E-state index < -0.39 is 18.1 Å². The van der Waals surface area contributed by atoms with Crippen LogP contribution in [0.3, 0.4) is 0 Å². The van der Waals surface area contributed by atoms with Gasteiger partial charge in [-0.15, -0.1) is 0 Å². The molecular formula is C13H13NO3. The molecule has 1 aromatic rings. The predicted molar refractivity (Wildman–Crippen MR) is 64.6 cm³/mol. The molecule has 2 unspecified atom stereocenters. The molecule has 2 atom stereocenters. The highest BCUT2D eigenvalue weighted by Gasteiger charge is 2.35. The minimum absolute atomic E-state index is 0.416. The molecule has 0 bridgehead atoms. The quantitative estimate of drug-likeness (QED) is 0.743. The summed E-state index contributed by atoms with van der Waals surface area (Å²) < 4.78 is 9.99. The second-order valence-electron chi connectivity index (χ2n) is 3.67. The van der Waals surface area contributed by atoms with E-state index >= 15 is 0 Å². The fourth-order valence-electron chi connectivity index (χ4n) is 1.71. The molecule has 0 saturated carbocycles. The standard InChI is InChI=1S/C13H13NO3/c1-9(10-6-4-3-5-7-10)12-11(13(15)16-2)14-8-17-12/h3-8,11-12H,1H2,2H3. The molecule has 2 rings (SSSR count). The summed E-state index contributed by atoms with van der Waals surface area (Å²) in [5, 5.41) is 0. The molecule has 1 aliphatic heterocycles. The lowest BCUT2D eigenvalue weighted by atomic mass is 9.97. The maximum absolute atomic E-state index is 11.5. The number of nitrogens with zero attached hydrogens (tertiary/aromatic N) is 1. The third kappa shape index (κ3) is 2.20. The third-order valence-corrected chi connectivity index (χ3v) is 2.65. The van der Waals surface area contributed by atoms with E-state index in [9.17, 15) is 4.79 Å². The van der Waals surface area contributed by atoms with Gasteiger partial charge in [0.2, 0.25) is 0 Å². The smallest absolute Gasteiger partial charge is 0.334 e. The molecule has 0 aliphatic carbocycles. The predicted octanol–water partition coefficient (Wildman–Crippen LogP) is 1.67. The van der Waals surface area contributed by atoms with E-state index in [0.717, 1.165) is 11.1 Å². The molecule has 1 heterocycles. The summed E-state index contributed by atoms with van der Waals surface area (Å²) in [6.45, 7) is 3.96. The lowest BCUT2D eigenvalue weighted by Gasteiger charge is -2.17. The molecule has 0 radical (unpaired) electrons. The van der Waals surface area contributed by atoms with E-state index in [1.54, 1.807) is 0 Å². The van der Waals surface area contributed by atoms with Crippen LogP contribution in [0.15, 0.2) is 41.9 Å². The van der Waals surface area contributed by atoms with Gasteiger partial charge in [-0.05, 0) is 11.1 Å². The first-order chi connectivity index (χ1) is 8.24. The van der Waals surface area contributed by atoms with Gasteiger partial charge < -0.3 is 9.47 Å². The highest BCUT2D eigenvalue weighted by molar-refractivity contribution is 5.85. The molecule has 1 aliphatic rings. The molecule has 0 fully saturated rings. The molecule has 1 aromatic carbocycles. The average molecular weight is 231 g/mol. The Bertz CT molecular complexity index is 453. The Morgan fingerprint density at radius 2 is 2.12 bits per heavy atom. The summed E-state index contributed by atoms with van der Waals surface area (Å²) in [5.41, 5.74) is 1.65. The zero-order valence-electron chi connectivity index (χ0n) is 9.50. The van der Waals surface area contributed by atoms with E-state index in [0.29, 0.717) is 0 Å². The van der Waals surface area contributed by atoms with Crippen molar-refractivity contribution >= 4 is 17.9 Å². The molecule has 0 amide bonds. The molecule has 0 aromatic heterocycles. The van der Waals surface area contributed by atoms with Gasteiger partial charge in [-0.3, -0.25) is 0 Å². The molecule has 88 valence electrons. The van der Waals surface area contributed by atoms with Crippen molar-refractivity contribution < 1.29 is 14.3 Å². The Balaban J connectivity index is 2.18. The zero-order chi connectivity index (χ0) is 12.3. The van der Waals surface area contributed by atoms with Crippen molar-refractivity contribution in [2.45, 2.75) is 12.1 Å². The van der Waals surface area contributed by atoms with Crippen LogP contribution in [0.5, 0.6) is 0 Å². The number of aliphatic imine (C=N–C) groups is 1. The average Bonchev–Trinajstić information content (AvgIpc) is 2.87. The van der Waals surface area contributed by atoms with Crippen LogP contribution < -0.4 is 0 Å². The SMILES string of the molecule is C=C(c1ccccc1)C1OC=NC1C(=O)OC. The highest BCUT2D eigenvalue weighted by atomic mass is 16.5. The van der Waals surface area contributed by atoms with Crippen LogP contribution in [0.25, 0.3) is 5.57 Å². The molecule has 17 heavy (non-hydrogen) atoms. The fourth-order valence-corrected chi connectivity index (χ4v) is 1.71. The lowest BCUT2D eigenvalue weighted by Crippen LogP contribution is -2.31. The van der Waals surface area contributed by atoms with Crippen molar-refractivity contribution in [2.75, 3.05) is 7.11 Å². The van der Waals surface area contributed by atoms with Crippen LogP contribution in [0.4, 0.5) is 0 Å². The molecule has 4 heteroatoms. The molecule has 0 N–H and O–H groups in total. The first-order valence-corrected chi connectivity index (χ1v) is 5.23. The molecule has 0 saturated heterocycles. The van der Waals surface area contributed by atoms with Crippen LogP contribution in [-0.2, 0) is 14.3 Å². The maximum atomic E-state index is 11.5. The Hall–Kier alpha value is -2.10. The molecular weight excluding hydrogens is 218 g/mol.